The Bertz CT molecular complexity index is 691. The van der Waals surface area contributed by atoms with E-state index in [1.807, 2.05) is 36.4 Å². The summed E-state index contributed by atoms with van der Waals surface area (Å²) in [6.07, 6.45) is 0. The van der Waals surface area contributed by atoms with Crippen molar-refractivity contribution in [2.45, 2.75) is 13.8 Å². The molecule has 0 saturated carbocycles. The Kier molecular flexibility index (Phi) is 2.60. The molecule has 0 atom stereocenters. The average molecular weight is 258 g/mol. The Morgan fingerprint density at radius 2 is 1.78 bits per heavy atom. The fraction of sp³-hybridized carbons (Fsp3) is 0.133. The van der Waals surface area contributed by atoms with Crippen molar-refractivity contribution < 1.29 is 4.42 Å². The van der Waals surface area contributed by atoms with E-state index < -0.39 is 0 Å². The third kappa shape index (κ3) is 1.79. The molecule has 3 heteroatoms. The van der Waals surface area contributed by atoms with Crippen molar-refractivity contribution in [3.05, 3.63) is 52.5 Å². The standard InChI is InChI=1S/C15H12ClNO/c1-9-7-13-14(8-10(9)2)18-15(17-13)11-5-3-4-6-12(11)16/h3-8H,1-2H3. The van der Waals surface area contributed by atoms with Gasteiger partial charge in [0.1, 0.15) is 5.52 Å². The first-order chi connectivity index (χ1) is 8.65. The zero-order chi connectivity index (χ0) is 12.7. The Morgan fingerprint density at radius 1 is 1.06 bits per heavy atom. The lowest BCUT2D eigenvalue weighted by atomic mass is 10.1. The molecule has 0 radical (unpaired) electrons. The smallest absolute Gasteiger partial charge is 0.228 e. The lowest BCUT2D eigenvalue weighted by Gasteiger charge is -1.97. The zero-order valence-electron chi connectivity index (χ0n) is 10.2. The van der Waals surface area contributed by atoms with Crippen LogP contribution < -0.4 is 0 Å². The molecule has 3 rings (SSSR count). The van der Waals surface area contributed by atoms with Crippen LogP contribution in [0.25, 0.3) is 22.6 Å². The van der Waals surface area contributed by atoms with Gasteiger partial charge in [-0.25, -0.2) is 4.98 Å². The summed E-state index contributed by atoms with van der Waals surface area (Å²) < 4.78 is 5.78. The highest BCUT2D eigenvalue weighted by Crippen LogP contribution is 2.30. The summed E-state index contributed by atoms with van der Waals surface area (Å²) in [4.78, 5) is 4.49. The second-order valence-corrected chi connectivity index (χ2v) is 4.81. The van der Waals surface area contributed by atoms with Gasteiger partial charge in [-0.1, -0.05) is 23.7 Å². The van der Waals surface area contributed by atoms with Gasteiger partial charge in [0.2, 0.25) is 5.89 Å². The van der Waals surface area contributed by atoms with E-state index >= 15 is 0 Å². The van der Waals surface area contributed by atoms with Crippen molar-refractivity contribution in [3.63, 3.8) is 0 Å². The largest absolute Gasteiger partial charge is 0.436 e. The number of aromatic nitrogens is 1. The second-order valence-electron chi connectivity index (χ2n) is 4.40. The molecule has 0 bridgehead atoms. The van der Waals surface area contributed by atoms with Crippen LogP contribution in [-0.4, -0.2) is 4.98 Å². The normalized spacial score (nSPS) is 11.1. The SMILES string of the molecule is Cc1cc2nc(-c3ccccc3Cl)oc2cc1C. The molecule has 0 amide bonds. The van der Waals surface area contributed by atoms with Gasteiger partial charge in [0.15, 0.2) is 5.58 Å². The summed E-state index contributed by atoms with van der Waals surface area (Å²) in [5.74, 6) is 0.570. The highest BCUT2D eigenvalue weighted by Gasteiger charge is 2.11. The molecule has 0 unspecified atom stereocenters. The van der Waals surface area contributed by atoms with Crippen LogP contribution in [0.3, 0.4) is 0 Å². The van der Waals surface area contributed by atoms with Gasteiger partial charge in [0, 0.05) is 0 Å². The molecule has 0 saturated heterocycles. The number of rotatable bonds is 1. The topological polar surface area (TPSA) is 26.0 Å². The molecule has 0 aliphatic carbocycles. The minimum Gasteiger partial charge on any atom is -0.436 e. The summed E-state index contributed by atoms with van der Waals surface area (Å²) in [5, 5.41) is 0.650. The number of oxazole rings is 1. The van der Waals surface area contributed by atoms with Crippen LogP contribution >= 0.6 is 11.6 Å². The molecule has 0 aliphatic heterocycles. The van der Waals surface area contributed by atoms with Crippen LogP contribution in [0.5, 0.6) is 0 Å². The second kappa shape index (κ2) is 4.14. The summed E-state index contributed by atoms with van der Waals surface area (Å²) in [7, 11) is 0. The van der Waals surface area contributed by atoms with Crippen molar-refractivity contribution in [1.82, 2.24) is 4.98 Å². The van der Waals surface area contributed by atoms with E-state index in [1.165, 1.54) is 11.1 Å². The molecular formula is C15H12ClNO. The van der Waals surface area contributed by atoms with Crippen molar-refractivity contribution in [3.8, 4) is 11.5 Å². The highest BCUT2D eigenvalue weighted by atomic mass is 35.5. The van der Waals surface area contributed by atoms with Crippen molar-refractivity contribution in [2.75, 3.05) is 0 Å². The minimum absolute atomic E-state index is 0.570. The fourth-order valence-electron chi connectivity index (χ4n) is 1.93. The van der Waals surface area contributed by atoms with Gasteiger partial charge in [-0.05, 0) is 49.2 Å². The molecule has 18 heavy (non-hydrogen) atoms. The first-order valence-electron chi connectivity index (χ1n) is 5.78. The molecule has 3 aromatic rings. The summed E-state index contributed by atoms with van der Waals surface area (Å²) in [6, 6.07) is 11.6. The van der Waals surface area contributed by atoms with E-state index in [9.17, 15) is 0 Å². The molecule has 0 N–H and O–H groups in total. The predicted molar refractivity (Wildman–Crippen MR) is 73.9 cm³/mol. The zero-order valence-corrected chi connectivity index (χ0v) is 11.0. The summed E-state index contributed by atoms with van der Waals surface area (Å²) in [5.41, 5.74) is 4.90. The van der Waals surface area contributed by atoms with Gasteiger partial charge in [0.05, 0.1) is 10.6 Å². The van der Waals surface area contributed by atoms with Crippen molar-refractivity contribution in [2.24, 2.45) is 0 Å². The molecule has 0 aliphatic rings. The van der Waals surface area contributed by atoms with Crippen LogP contribution in [0.2, 0.25) is 5.02 Å². The van der Waals surface area contributed by atoms with Gasteiger partial charge in [0.25, 0.3) is 0 Å². The third-order valence-corrected chi connectivity index (χ3v) is 3.44. The average Bonchev–Trinajstić information content (AvgIpc) is 2.73. The molecule has 1 heterocycles. The van der Waals surface area contributed by atoms with Crippen LogP contribution in [0.15, 0.2) is 40.8 Å². The van der Waals surface area contributed by atoms with Gasteiger partial charge in [-0.2, -0.15) is 0 Å². The molecular weight excluding hydrogens is 246 g/mol. The Labute approximate surface area is 110 Å². The maximum atomic E-state index is 6.15. The maximum Gasteiger partial charge on any atom is 0.228 e. The van der Waals surface area contributed by atoms with Gasteiger partial charge in [-0.3, -0.25) is 0 Å². The molecule has 90 valence electrons. The number of halogens is 1. The van der Waals surface area contributed by atoms with Crippen LogP contribution in [0.1, 0.15) is 11.1 Å². The van der Waals surface area contributed by atoms with Crippen molar-refractivity contribution in [1.29, 1.82) is 0 Å². The Morgan fingerprint density at radius 3 is 2.56 bits per heavy atom. The lowest BCUT2D eigenvalue weighted by molar-refractivity contribution is 0.619. The first kappa shape index (κ1) is 11.3. The quantitative estimate of drug-likeness (QED) is 0.628. The summed E-state index contributed by atoms with van der Waals surface area (Å²) in [6.45, 7) is 4.13. The van der Waals surface area contributed by atoms with Gasteiger partial charge in [-0.15, -0.1) is 0 Å². The van der Waals surface area contributed by atoms with Crippen LogP contribution in [0, 0.1) is 13.8 Å². The molecule has 2 nitrogen and oxygen atoms in total. The van der Waals surface area contributed by atoms with Crippen molar-refractivity contribution >= 4 is 22.7 Å². The van der Waals surface area contributed by atoms with E-state index in [4.69, 9.17) is 16.0 Å². The van der Waals surface area contributed by atoms with E-state index in [-0.39, 0.29) is 0 Å². The number of hydrogen-bond acceptors (Lipinski definition) is 2. The number of aryl methyl sites for hydroxylation is 2. The number of nitrogens with zero attached hydrogens (tertiary/aromatic N) is 1. The highest BCUT2D eigenvalue weighted by molar-refractivity contribution is 6.33. The predicted octanol–water partition coefficient (Wildman–Crippen LogP) is 4.77. The fourth-order valence-corrected chi connectivity index (χ4v) is 2.15. The summed E-state index contributed by atoms with van der Waals surface area (Å²) >= 11 is 6.15. The van der Waals surface area contributed by atoms with Crippen LogP contribution in [0.4, 0.5) is 0 Å². The number of benzene rings is 2. The molecule has 2 aromatic carbocycles. The van der Waals surface area contributed by atoms with E-state index in [1.54, 1.807) is 0 Å². The first-order valence-corrected chi connectivity index (χ1v) is 6.15. The Balaban J connectivity index is 2.23. The van der Waals surface area contributed by atoms with E-state index in [0.29, 0.717) is 10.9 Å². The van der Waals surface area contributed by atoms with Gasteiger partial charge < -0.3 is 4.42 Å². The third-order valence-electron chi connectivity index (χ3n) is 3.11. The minimum atomic E-state index is 0.570. The number of hydrogen-bond donors (Lipinski definition) is 0. The van der Waals surface area contributed by atoms with Crippen LogP contribution in [-0.2, 0) is 0 Å². The van der Waals surface area contributed by atoms with E-state index in [0.717, 1.165) is 16.7 Å². The van der Waals surface area contributed by atoms with Gasteiger partial charge >= 0.3 is 0 Å². The Hall–Kier alpha value is -1.80. The lowest BCUT2D eigenvalue weighted by Crippen LogP contribution is -1.80. The monoisotopic (exact) mass is 257 g/mol. The molecule has 0 spiro atoms. The van der Waals surface area contributed by atoms with E-state index in [2.05, 4.69) is 18.8 Å². The maximum absolute atomic E-state index is 6.15. The molecule has 1 aromatic heterocycles. The number of fused-ring (bicyclic) bond motifs is 1. The molecule has 0 fully saturated rings.